The summed E-state index contributed by atoms with van der Waals surface area (Å²) in [5.74, 6) is -0.368. The maximum absolute atomic E-state index is 11.3. The number of thiophene rings is 1. The van der Waals surface area contributed by atoms with E-state index in [-0.39, 0.29) is 5.56 Å². The van der Waals surface area contributed by atoms with Gasteiger partial charge in [-0.1, -0.05) is 13.8 Å². The Morgan fingerprint density at radius 1 is 1.53 bits per heavy atom. The minimum Gasteiger partial charge on any atom is -0.478 e. The second-order valence-electron chi connectivity index (χ2n) is 4.75. The lowest BCUT2D eigenvalue weighted by Gasteiger charge is -2.03. The lowest BCUT2D eigenvalue weighted by Crippen LogP contribution is -2.02. The Morgan fingerprint density at radius 2 is 2.26 bits per heavy atom. The third kappa shape index (κ3) is 3.45. The molecule has 0 bridgehead atoms. The molecule has 0 radical (unpaired) electrons. The van der Waals surface area contributed by atoms with Gasteiger partial charge in [0.2, 0.25) is 0 Å². The highest BCUT2D eigenvalue weighted by Crippen LogP contribution is 2.32. The van der Waals surface area contributed by atoms with E-state index in [2.05, 4.69) is 34.9 Å². The minimum absolute atomic E-state index is 0.262. The molecule has 2 aromatic heterocycles. The third-order valence-electron chi connectivity index (χ3n) is 2.73. The van der Waals surface area contributed by atoms with Gasteiger partial charge >= 0.3 is 5.97 Å². The predicted molar refractivity (Wildman–Crippen MR) is 79.7 cm³/mol. The Hall–Kier alpha value is -1.14. The van der Waals surface area contributed by atoms with Crippen molar-refractivity contribution >= 4 is 33.2 Å². The predicted octanol–water partition coefficient (Wildman–Crippen LogP) is 4.12. The average Bonchev–Trinajstić information content (AvgIpc) is 2.92. The van der Waals surface area contributed by atoms with Gasteiger partial charge in [0, 0.05) is 12.7 Å². The molecule has 0 aromatic carbocycles. The van der Waals surface area contributed by atoms with Gasteiger partial charge in [-0.3, -0.25) is 4.68 Å². The van der Waals surface area contributed by atoms with Gasteiger partial charge in [0.25, 0.3) is 0 Å². The molecule has 19 heavy (non-hydrogen) atoms. The molecular formula is C13H15BrN2O2S. The number of aromatic carboxylic acids is 1. The second kappa shape index (κ2) is 5.88. The summed E-state index contributed by atoms with van der Waals surface area (Å²) in [6.45, 7) is 5.02. The fraction of sp³-hybridized carbons (Fsp3) is 0.385. The number of aromatic nitrogens is 2. The number of halogens is 1. The number of hydrogen-bond acceptors (Lipinski definition) is 3. The molecule has 2 rings (SSSR count). The first-order valence-corrected chi connectivity index (χ1v) is 7.64. The summed E-state index contributed by atoms with van der Waals surface area (Å²) >= 11 is 4.87. The number of carboxylic acids is 1. The van der Waals surface area contributed by atoms with E-state index in [0.29, 0.717) is 11.6 Å². The van der Waals surface area contributed by atoms with E-state index in [4.69, 9.17) is 0 Å². The molecule has 0 atom stereocenters. The molecule has 102 valence electrons. The molecule has 0 unspecified atom stereocenters. The highest BCUT2D eigenvalue weighted by molar-refractivity contribution is 9.11. The number of nitrogens with zero attached hydrogens (tertiary/aromatic N) is 2. The van der Waals surface area contributed by atoms with E-state index >= 15 is 0 Å². The standard InChI is InChI=1S/C13H15BrN2O2S/c1-8(2)5-6-16-7-9(13(17)18)12(15-16)10-3-4-11(14)19-10/h3-4,7-8H,5-6H2,1-2H3,(H,17,18). The van der Waals surface area contributed by atoms with Crippen LogP contribution in [0.15, 0.2) is 22.1 Å². The van der Waals surface area contributed by atoms with Crippen molar-refractivity contribution < 1.29 is 9.90 Å². The van der Waals surface area contributed by atoms with Crippen LogP contribution >= 0.6 is 27.3 Å². The zero-order valence-corrected chi connectivity index (χ0v) is 13.2. The first-order valence-electron chi connectivity index (χ1n) is 6.04. The van der Waals surface area contributed by atoms with Gasteiger partial charge in [0.15, 0.2) is 0 Å². The molecule has 2 aromatic rings. The normalized spacial score (nSPS) is 11.2. The Kier molecular flexibility index (Phi) is 4.42. The third-order valence-corrected chi connectivity index (χ3v) is 4.36. The van der Waals surface area contributed by atoms with E-state index in [1.807, 2.05) is 12.1 Å². The van der Waals surface area contributed by atoms with Crippen LogP contribution in [0.1, 0.15) is 30.6 Å². The quantitative estimate of drug-likeness (QED) is 0.889. The largest absolute Gasteiger partial charge is 0.478 e. The van der Waals surface area contributed by atoms with Crippen LogP contribution < -0.4 is 0 Å². The summed E-state index contributed by atoms with van der Waals surface area (Å²) in [7, 11) is 0. The maximum atomic E-state index is 11.3. The summed E-state index contributed by atoms with van der Waals surface area (Å²) in [6, 6.07) is 3.79. The maximum Gasteiger partial charge on any atom is 0.339 e. The molecule has 6 heteroatoms. The molecule has 2 heterocycles. The van der Waals surface area contributed by atoms with Gasteiger partial charge in [0.1, 0.15) is 11.3 Å². The van der Waals surface area contributed by atoms with Crippen LogP contribution in [-0.4, -0.2) is 20.9 Å². The van der Waals surface area contributed by atoms with Gasteiger partial charge < -0.3 is 5.11 Å². The van der Waals surface area contributed by atoms with E-state index in [0.717, 1.165) is 21.6 Å². The number of aryl methyl sites for hydroxylation is 1. The Balaban J connectivity index is 2.33. The smallest absolute Gasteiger partial charge is 0.339 e. The van der Waals surface area contributed by atoms with Gasteiger partial charge in [-0.2, -0.15) is 5.10 Å². The molecule has 0 saturated heterocycles. The van der Waals surface area contributed by atoms with E-state index in [1.165, 1.54) is 11.3 Å². The van der Waals surface area contributed by atoms with E-state index in [9.17, 15) is 9.90 Å². The van der Waals surface area contributed by atoms with Crippen molar-refractivity contribution in [2.24, 2.45) is 5.92 Å². The highest BCUT2D eigenvalue weighted by Gasteiger charge is 2.18. The number of carboxylic acid groups (broad SMARTS) is 1. The fourth-order valence-electron chi connectivity index (χ4n) is 1.71. The lowest BCUT2D eigenvalue weighted by atomic mass is 10.1. The van der Waals surface area contributed by atoms with Crippen molar-refractivity contribution in [3.05, 3.63) is 27.7 Å². The van der Waals surface area contributed by atoms with Crippen molar-refractivity contribution in [1.29, 1.82) is 0 Å². The summed E-state index contributed by atoms with van der Waals surface area (Å²) < 4.78 is 2.70. The van der Waals surface area contributed by atoms with Crippen LogP contribution in [-0.2, 0) is 6.54 Å². The molecule has 0 fully saturated rings. The summed E-state index contributed by atoms with van der Waals surface area (Å²) in [5.41, 5.74) is 0.810. The molecule has 0 aliphatic heterocycles. The highest BCUT2D eigenvalue weighted by atomic mass is 79.9. The number of rotatable bonds is 5. The topological polar surface area (TPSA) is 55.1 Å². The van der Waals surface area contributed by atoms with Crippen LogP contribution in [0.2, 0.25) is 0 Å². The van der Waals surface area contributed by atoms with Gasteiger partial charge in [0.05, 0.1) is 8.66 Å². The molecule has 0 amide bonds. The van der Waals surface area contributed by atoms with Gasteiger partial charge in [-0.25, -0.2) is 4.79 Å². The molecule has 0 aliphatic carbocycles. The van der Waals surface area contributed by atoms with Crippen molar-refractivity contribution in [1.82, 2.24) is 9.78 Å². The van der Waals surface area contributed by atoms with Crippen LogP contribution in [0.4, 0.5) is 0 Å². The monoisotopic (exact) mass is 342 g/mol. The summed E-state index contributed by atoms with van der Waals surface area (Å²) in [4.78, 5) is 12.2. The Labute approximate surface area is 124 Å². The molecule has 1 N–H and O–H groups in total. The van der Waals surface area contributed by atoms with Crippen LogP contribution in [0.3, 0.4) is 0 Å². The van der Waals surface area contributed by atoms with Crippen LogP contribution in [0.5, 0.6) is 0 Å². The summed E-state index contributed by atoms with van der Waals surface area (Å²) in [5, 5.41) is 13.7. The van der Waals surface area contributed by atoms with Gasteiger partial charge in [-0.05, 0) is 40.4 Å². The second-order valence-corrected chi connectivity index (χ2v) is 7.21. The lowest BCUT2D eigenvalue weighted by molar-refractivity contribution is 0.0697. The van der Waals surface area contributed by atoms with Crippen molar-refractivity contribution in [3.63, 3.8) is 0 Å². The van der Waals surface area contributed by atoms with E-state index < -0.39 is 5.97 Å². The van der Waals surface area contributed by atoms with Crippen molar-refractivity contribution in [2.45, 2.75) is 26.8 Å². The average molecular weight is 343 g/mol. The molecule has 0 aliphatic rings. The first kappa shape index (κ1) is 14.3. The first-order chi connectivity index (χ1) is 8.97. The fourth-order valence-corrected chi connectivity index (χ4v) is 3.09. The molecule has 4 nitrogen and oxygen atoms in total. The molecule has 0 saturated carbocycles. The van der Waals surface area contributed by atoms with Crippen LogP contribution in [0, 0.1) is 5.92 Å². The number of carbonyl (C=O) groups is 1. The Morgan fingerprint density at radius 3 is 2.79 bits per heavy atom. The van der Waals surface area contributed by atoms with Crippen LogP contribution in [0.25, 0.3) is 10.6 Å². The summed E-state index contributed by atoms with van der Waals surface area (Å²) in [6.07, 6.45) is 2.60. The van der Waals surface area contributed by atoms with Gasteiger partial charge in [-0.15, -0.1) is 11.3 Å². The SMILES string of the molecule is CC(C)CCn1cc(C(=O)O)c(-c2ccc(Br)s2)n1. The minimum atomic E-state index is -0.935. The van der Waals surface area contributed by atoms with Crippen molar-refractivity contribution in [2.75, 3.05) is 0 Å². The van der Waals surface area contributed by atoms with E-state index in [1.54, 1.807) is 10.9 Å². The molecule has 0 spiro atoms. The number of hydrogen-bond donors (Lipinski definition) is 1. The molecular weight excluding hydrogens is 328 g/mol. The Bertz CT molecular complexity index is 589. The van der Waals surface area contributed by atoms with Crippen molar-refractivity contribution in [3.8, 4) is 10.6 Å². The zero-order valence-electron chi connectivity index (χ0n) is 10.8. The zero-order chi connectivity index (χ0) is 14.0.